The minimum Gasteiger partial charge on any atom is -0.444 e. The Morgan fingerprint density at radius 2 is 1.91 bits per heavy atom. The minimum atomic E-state index is -0.589. The standard InChI is InChI=1S/C26H33N5O3/c1-19-16-22(20(2)31(19)23-11-6-7-13-28-23)24(32)29-14-9-15-30(25(33)34-26(3,4)5)18-21-10-8-12-27-17-21/h6-8,10-13,16-17H,9,14-15,18H2,1-5H3,(H,29,32). The summed E-state index contributed by atoms with van der Waals surface area (Å²) in [6, 6.07) is 11.3. The highest BCUT2D eigenvalue weighted by Gasteiger charge is 2.22. The van der Waals surface area contributed by atoms with Crippen molar-refractivity contribution in [2.75, 3.05) is 13.1 Å². The second kappa shape index (κ2) is 11.0. The van der Waals surface area contributed by atoms with Crippen LogP contribution in [0, 0.1) is 13.8 Å². The largest absolute Gasteiger partial charge is 0.444 e. The SMILES string of the molecule is Cc1cc(C(=O)NCCCN(Cc2cccnc2)C(=O)OC(C)(C)C)c(C)n1-c1ccccn1. The Bertz CT molecular complexity index is 1100. The van der Waals surface area contributed by atoms with Gasteiger partial charge in [0.2, 0.25) is 0 Å². The fourth-order valence-electron chi connectivity index (χ4n) is 3.67. The van der Waals surface area contributed by atoms with Crippen molar-refractivity contribution in [2.24, 2.45) is 0 Å². The molecule has 3 aromatic heterocycles. The van der Waals surface area contributed by atoms with Gasteiger partial charge in [0.25, 0.3) is 5.91 Å². The van der Waals surface area contributed by atoms with Gasteiger partial charge in [-0.05, 0) is 70.9 Å². The summed E-state index contributed by atoms with van der Waals surface area (Å²) in [5.74, 6) is 0.631. The van der Waals surface area contributed by atoms with E-state index in [-0.39, 0.29) is 12.0 Å². The lowest BCUT2D eigenvalue weighted by atomic mass is 10.2. The molecule has 0 radical (unpaired) electrons. The van der Waals surface area contributed by atoms with Crippen LogP contribution in [-0.2, 0) is 11.3 Å². The Balaban J connectivity index is 1.60. The third kappa shape index (κ3) is 6.66. The van der Waals surface area contributed by atoms with Gasteiger partial charge in [0.1, 0.15) is 11.4 Å². The molecule has 180 valence electrons. The van der Waals surface area contributed by atoms with Gasteiger partial charge >= 0.3 is 6.09 Å². The monoisotopic (exact) mass is 463 g/mol. The topological polar surface area (TPSA) is 89.4 Å². The smallest absolute Gasteiger partial charge is 0.410 e. The van der Waals surface area contributed by atoms with Crippen LogP contribution in [0.5, 0.6) is 0 Å². The summed E-state index contributed by atoms with van der Waals surface area (Å²) in [6.07, 6.45) is 5.36. The van der Waals surface area contributed by atoms with Crippen LogP contribution in [0.3, 0.4) is 0 Å². The number of aromatic nitrogens is 3. The number of rotatable bonds is 8. The van der Waals surface area contributed by atoms with Crippen molar-refractivity contribution in [3.05, 3.63) is 77.5 Å². The van der Waals surface area contributed by atoms with Crippen LogP contribution in [0.2, 0.25) is 0 Å². The van der Waals surface area contributed by atoms with Crippen molar-refractivity contribution in [3.63, 3.8) is 0 Å². The van der Waals surface area contributed by atoms with Gasteiger partial charge in [-0.15, -0.1) is 0 Å². The van der Waals surface area contributed by atoms with Gasteiger partial charge in [-0.25, -0.2) is 9.78 Å². The van der Waals surface area contributed by atoms with E-state index in [0.717, 1.165) is 22.8 Å². The average molecular weight is 464 g/mol. The van der Waals surface area contributed by atoms with Crippen LogP contribution < -0.4 is 5.32 Å². The molecule has 0 aromatic carbocycles. The van der Waals surface area contributed by atoms with Crippen LogP contribution in [0.15, 0.2) is 55.0 Å². The lowest BCUT2D eigenvalue weighted by molar-refractivity contribution is 0.0232. The average Bonchev–Trinajstić information content (AvgIpc) is 3.09. The molecule has 0 unspecified atom stereocenters. The van der Waals surface area contributed by atoms with Crippen LogP contribution in [0.25, 0.3) is 5.82 Å². The fourth-order valence-corrected chi connectivity index (χ4v) is 3.67. The second-order valence-electron chi connectivity index (χ2n) is 9.18. The van der Waals surface area contributed by atoms with E-state index >= 15 is 0 Å². The van der Waals surface area contributed by atoms with Gasteiger partial charge in [-0.2, -0.15) is 0 Å². The molecule has 0 aliphatic heterocycles. The van der Waals surface area contributed by atoms with Crippen molar-refractivity contribution >= 4 is 12.0 Å². The van der Waals surface area contributed by atoms with E-state index in [2.05, 4.69) is 15.3 Å². The highest BCUT2D eigenvalue weighted by atomic mass is 16.6. The van der Waals surface area contributed by atoms with Crippen molar-refractivity contribution in [1.82, 2.24) is 24.8 Å². The van der Waals surface area contributed by atoms with Crippen LogP contribution in [0.1, 0.15) is 54.5 Å². The Hall–Kier alpha value is -3.68. The molecule has 1 N–H and O–H groups in total. The van der Waals surface area contributed by atoms with Crippen molar-refractivity contribution in [3.8, 4) is 5.82 Å². The molecule has 2 amide bonds. The minimum absolute atomic E-state index is 0.147. The quantitative estimate of drug-likeness (QED) is 0.499. The molecule has 3 rings (SSSR count). The van der Waals surface area contributed by atoms with Crippen LogP contribution in [0.4, 0.5) is 4.79 Å². The zero-order chi connectivity index (χ0) is 24.7. The predicted octanol–water partition coefficient (Wildman–Crippen LogP) is 4.44. The van der Waals surface area contributed by atoms with E-state index in [9.17, 15) is 9.59 Å². The van der Waals surface area contributed by atoms with Crippen molar-refractivity contribution < 1.29 is 14.3 Å². The van der Waals surface area contributed by atoms with Gasteiger partial charge in [-0.3, -0.25) is 9.78 Å². The van der Waals surface area contributed by atoms with Crippen molar-refractivity contribution in [1.29, 1.82) is 0 Å². The van der Waals surface area contributed by atoms with E-state index in [4.69, 9.17) is 4.74 Å². The number of aryl methyl sites for hydroxylation is 1. The highest BCUT2D eigenvalue weighted by molar-refractivity contribution is 5.95. The zero-order valence-corrected chi connectivity index (χ0v) is 20.5. The maximum atomic E-state index is 12.9. The Morgan fingerprint density at radius 3 is 2.56 bits per heavy atom. The van der Waals surface area contributed by atoms with E-state index in [1.807, 2.05) is 75.6 Å². The molecule has 0 saturated heterocycles. The molecular weight excluding hydrogens is 430 g/mol. The van der Waals surface area contributed by atoms with Gasteiger partial charge in [0.15, 0.2) is 0 Å². The zero-order valence-electron chi connectivity index (χ0n) is 20.5. The predicted molar refractivity (Wildman–Crippen MR) is 131 cm³/mol. The summed E-state index contributed by atoms with van der Waals surface area (Å²) in [5, 5.41) is 2.97. The summed E-state index contributed by atoms with van der Waals surface area (Å²) in [4.78, 5) is 35.7. The Labute approximate surface area is 201 Å². The first kappa shape index (κ1) is 25.0. The molecular formula is C26H33N5O3. The van der Waals surface area contributed by atoms with Gasteiger partial charge in [0.05, 0.1) is 12.1 Å². The third-order valence-corrected chi connectivity index (χ3v) is 5.19. The second-order valence-corrected chi connectivity index (χ2v) is 9.18. The molecule has 34 heavy (non-hydrogen) atoms. The van der Waals surface area contributed by atoms with E-state index in [1.54, 1.807) is 23.5 Å². The Kier molecular flexibility index (Phi) is 8.04. The highest BCUT2D eigenvalue weighted by Crippen LogP contribution is 2.19. The first-order valence-electron chi connectivity index (χ1n) is 11.4. The van der Waals surface area contributed by atoms with Crippen LogP contribution >= 0.6 is 0 Å². The number of nitrogens with zero attached hydrogens (tertiary/aromatic N) is 4. The summed E-state index contributed by atoms with van der Waals surface area (Å²) in [6.45, 7) is 10.7. The van der Waals surface area contributed by atoms with Crippen LogP contribution in [-0.4, -0.2) is 50.1 Å². The maximum Gasteiger partial charge on any atom is 0.410 e. The number of hydrogen-bond acceptors (Lipinski definition) is 5. The fraction of sp³-hybridized carbons (Fsp3) is 0.385. The number of carbonyl (C=O) groups excluding carboxylic acids is 2. The van der Waals surface area contributed by atoms with Gasteiger partial charge in [0, 0.05) is 43.1 Å². The normalized spacial score (nSPS) is 11.2. The van der Waals surface area contributed by atoms with Gasteiger partial charge in [-0.1, -0.05) is 12.1 Å². The number of amides is 2. The number of pyridine rings is 2. The molecule has 0 aliphatic carbocycles. The molecule has 3 aromatic rings. The molecule has 8 nitrogen and oxygen atoms in total. The molecule has 0 saturated carbocycles. The van der Waals surface area contributed by atoms with E-state index < -0.39 is 5.60 Å². The van der Waals surface area contributed by atoms with Gasteiger partial charge < -0.3 is 19.5 Å². The third-order valence-electron chi connectivity index (χ3n) is 5.19. The number of hydrogen-bond donors (Lipinski definition) is 1. The van der Waals surface area contributed by atoms with E-state index in [0.29, 0.717) is 31.6 Å². The number of nitrogens with one attached hydrogen (secondary N) is 1. The first-order valence-corrected chi connectivity index (χ1v) is 11.4. The molecule has 3 heterocycles. The summed E-state index contributed by atoms with van der Waals surface area (Å²) in [5.41, 5.74) is 2.71. The molecule has 0 atom stereocenters. The molecule has 0 fully saturated rings. The molecule has 0 spiro atoms. The lowest BCUT2D eigenvalue weighted by Gasteiger charge is -2.27. The summed E-state index contributed by atoms with van der Waals surface area (Å²) in [7, 11) is 0. The summed E-state index contributed by atoms with van der Waals surface area (Å²) < 4.78 is 7.53. The number of ether oxygens (including phenoxy) is 1. The Morgan fingerprint density at radius 1 is 1.12 bits per heavy atom. The van der Waals surface area contributed by atoms with Crippen molar-refractivity contribution in [2.45, 2.75) is 53.2 Å². The first-order chi connectivity index (χ1) is 16.2. The molecule has 0 aliphatic rings. The molecule has 0 bridgehead atoms. The molecule has 8 heteroatoms. The summed E-state index contributed by atoms with van der Waals surface area (Å²) >= 11 is 0. The number of carbonyl (C=O) groups is 2. The van der Waals surface area contributed by atoms with E-state index in [1.165, 1.54) is 0 Å². The maximum absolute atomic E-state index is 12.9. The lowest BCUT2D eigenvalue weighted by Crippen LogP contribution is -2.38.